The van der Waals surface area contributed by atoms with Crippen molar-refractivity contribution in [2.45, 2.75) is 32.8 Å². The highest BCUT2D eigenvalue weighted by Gasteiger charge is 2.23. The van der Waals surface area contributed by atoms with Crippen LogP contribution in [0.3, 0.4) is 0 Å². The number of nitrogens with zero attached hydrogens (tertiary/aromatic N) is 2. The monoisotopic (exact) mass is 335 g/mol. The van der Waals surface area contributed by atoms with E-state index < -0.39 is 5.60 Å². The fraction of sp³-hybridized carbons (Fsp3) is 0.636. The molecule has 0 aliphatic carbocycles. The Labute approximate surface area is 110 Å². The Kier molecular flexibility index (Phi) is 4.91. The van der Waals surface area contributed by atoms with Crippen LogP contribution in [0, 0.1) is 3.57 Å². The normalized spacial score (nSPS) is 11.6. The van der Waals surface area contributed by atoms with Crippen molar-refractivity contribution in [2.75, 3.05) is 19.0 Å². The van der Waals surface area contributed by atoms with Gasteiger partial charge in [0.15, 0.2) is 5.82 Å². The van der Waals surface area contributed by atoms with Gasteiger partial charge in [-0.05, 0) is 42.9 Å². The molecule has 0 saturated carbocycles. The van der Waals surface area contributed by atoms with Gasteiger partial charge in [0.05, 0.1) is 3.57 Å². The molecule has 0 aromatic carbocycles. The third kappa shape index (κ3) is 3.28. The van der Waals surface area contributed by atoms with E-state index in [1.54, 1.807) is 7.11 Å². The quantitative estimate of drug-likeness (QED) is 0.841. The number of hydrogen-bond donors (Lipinski definition) is 1. The summed E-state index contributed by atoms with van der Waals surface area (Å²) in [6.45, 7) is 6.96. The zero-order valence-corrected chi connectivity index (χ0v) is 12.3. The summed E-state index contributed by atoms with van der Waals surface area (Å²) in [4.78, 5) is 8.80. The first-order valence-electron chi connectivity index (χ1n) is 5.33. The lowest BCUT2D eigenvalue weighted by Crippen LogP contribution is -2.23. The first kappa shape index (κ1) is 13.6. The highest BCUT2D eigenvalue weighted by Crippen LogP contribution is 2.23. The van der Waals surface area contributed by atoms with Crippen molar-refractivity contribution in [3.05, 3.63) is 15.6 Å². The highest BCUT2D eigenvalue weighted by atomic mass is 127. The van der Waals surface area contributed by atoms with Crippen LogP contribution in [0.4, 0.5) is 5.82 Å². The molecule has 1 aromatic heterocycles. The zero-order chi connectivity index (χ0) is 12.2. The van der Waals surface area contributed by atoms with E-state index in [4.69, 9.17) is 4.74 Å². The van der Waals surface area contributed by atoms with Crippen molar-refractivity contribution in [3.8, 4) is 0 Å². The number of rotatable bonds is 5. The third-order valence-corrected chi connectivity index (χ3v) is 3.12. The zero-order valence-electron chi connectivity index (χ0n) is 10.2. The standard InChI is InChI=1S/C11H18IN3O/c1-5-6-13-9-8(12)7-14-10(15-9)11(2,3)16-4/h7H,5-6H2,1-4H3,(H,13,14,15). The van der Waals surface area contributed by atoms with Crippen LogP contribution in [0.2, 0.25) is 0 Å². The van der Waals surface area contributed by atoms with E-state index in [1.807, 2.05) is 20.0 Å². The Morgan fingerprint density at radius 1 is 1.50 bits per heavy atom. The summed E-state index contributed by atoms with van der Waals surface area (Å²) < 4.78 is 6.40. The topological polar surface area (TPSA) is 47.0 Å². The highest BCUT2D eigenvalue weighted by molar-refractivity contribution is 14.1. The van der Waals surface area contributed by atoms with Gasteiger partial charge in [-0.15, -0.1) is 0 Å². The van der Waals surface area contributed by atoms with Gasteiger partial charge in [-0.2, -0.15) is 0 Å². The predicted molar refractivity (Wildman–Crippen MR) is 73.6 cm³/mol. The summed E-state index contributed by atoms with van der Waals surface area (Å²) in [7, 11) is 1.67. The van der Waals surface area contributed by atoms with E-state index in [2.05, 4.69) is 44.8 Å². The van der Waals surface area contributed by atoms with Crippen LogP contribution in [-0.4, -0.2) is 23.6 Å². The van der Waals surface area contributed by atoms with E-state index in [9.17, 15) is 0 Å². The predicted octanol–water partition coefficient (Wildman–Crippen LogP) is 2.78. The minimum atomic E-state index is -0.451. The number of hydrogen-bond acceptors (Lipinski definition) is 4. The molecule has 1 aromatic rings. The van der Waals surface area contributed by atoms with Gasteiger partial charge in [0.2, 0.25) is 0 Å². The van der Waals surface area contributed by atoms with Gasteiger partial charge in [0.25, 0.3) is 0 Å². The molecule has 1 heterocycles. The molecule has 4 nitrogen and oxygen atoms in total. The van der Waals surface area contributed by atoms with Crippen LogP contribution < -0.4 is 5.32 Å². The molecule has 0 saturated heterocycles. The first-order chi connectivity index (χ1) is 7.51. The molecule has 0 bridgehead atoms. The second-order valence-electron chi connectivity index (χ2n) is 4.03. The van der Waals surface area contributed by atoms with Gasteiger partial charge in [0, 0.05) is 19.9 Å². The molecule has 0 radical (unpaired) electrons. The number of halogens is 1. The fourth-order valence-electron chi connectivity index (χ4n) is 1.12. The lowest BCUT2D eigenvalue weighted by molar-refractivity contribution is 0.0115. The summed E-state index contributed by atoms with van der Waals surface area (Å²) in [5.41, 5.74) is -0.451. The van der Waals surface area contributed by atoms with Gasteiger partial charge in [-0.25, -0.2) is 9.97 Å². The van der Waals surface area contributed by atoms with Crippen LogP contribution in [-0.2, 0) is 10.3 Å². The number of methoxy groups -OCH3 is 1. The average Bonchev–Trinajstić information content (AvgIpc) is 2.27. The molecule has 0 aliphatic rings. The number of ether oxygens (including phenoxy) is 1. The summed E-state index contributed by atoms with van der Waals surface area (Å²) >= 11 is 2.23. The van der Waals surface area contributed by atoms with Crippen molar-refractivity contribution in [2.24, 2.45) is 0 Å². The molecular weight excluding hydrogens is 317 g/mol. The molecule has 0 atom stereocenters. The van der Waals surface area contributed by atoms with E-state index in [1.165, 1.54) is 0 Å². The minimum absolute atomic E-state index is 0.451. The maximum Gasteiger partial charge on any atom is 0.162 e. The summed E-state index contributed by atoms with van der Waals surface area (Å²) in [5.74, 6) is 1.59. The van der Waals surface area contributed by atoms with Crippen molar-refractivity contribution >= 4 is 28.4 Å². The Bertz CT molecular complexity index is 355. The third-order valence-electron chi connectivity index (χ3n) is 2.34. The summed E-state index contributed by atoms with van der Waals surface area (Å²) in [5, 5.41) is 3.29. The molecule has 90 valence electrons. The van der Waals surface area contributed by atoms with Gasteiger partial charge < -0.3 is 10.1 Å². The van der Waals surface area contributed by atoms with E-state index >= 15 is 0 Å². The van der Waals surface area contributed by atoms with Crippen molar-refractivity contribution in [1.82, 2.24) is 9.97 Å². The minimum Gasteiger partial charge on any atom is -0.371 e. The van der Waals surface area contributed by atoms with E-state index in [0.29, 0.717) is 5.82 Å². The Hall–Kier alpha value is -0.430. The van der Waals surface area contributed by atoms with Crippen molar-refractivity contribution in [3.63, 3.8) is 0 Å². The van der Waals surface area contributed by atoms with Crippen LogP contribution >= 0.6 is 22.6 Å². The molecule has 1 rings (SSSR count). The molecule has 0 unspecified atom stereocenters. The smallest absolute Gasteiger partial charge is 0.162 e. The average molecular weight is 335 g/mol. The summed E-state index contributed by atoms with van der Waals surface area (Å²) in [6.07, 6.45) is 2.89. The molecule has 0 spiro atoms. The molecule has 5 heteroatoms. The lowest BCUT2D eigenvalue weighted by atomic mass is 10.1. The van der Waals surface area contributed by atoms with Crippen LogP contribution in [0.25, 0.3) is 0 Å². The number of anilines is 1. The van der Waals surface area contributed by atoms with Crippen LogP contribution in [0.5, 0.6) is 0 Å². The SMILES string of the molecule is CCCNc1nc(C(C)(C)OC)ncc1I. The lowest BCUT2D eigenvalue weighted by Gasteiger charge is -2.21. The fourth-order valence-corrected chi connectivity index (χ4v) is 1.57. The second kappa shape index (κ2) is 5.77. The number of nitrogens with one attached hydrogen (secondary N) is 1. The van der Waals surface area contributed by atoms with E-state index in [0.717, 1.165) is 22.4 Å². The van der Waals surface area contributed by atoms with Crippen molar-refractivity contribution < 1.29 is 4.74 Å². The van der Waals surface area contributed by atoms with Gasteiger partial charge in [-0.1, -0.05) is 6.92 Å². The molecular formula is C11H18IN3O. The molecule has 1 N–H and O–H groups in total. The maximum absolute atomic E-state index is 5.37. The van der Waals surface area contributed by atoms with Crippen molar-refractivity contribution in [1.29, 1.82) is 0 Å². The van der Waals surface area contributed by atoms with Gasteiger partial charge in [0.1, 0.15) is 11.4 Å². The summed E-state index contributed by atoms with van der Waals surface area (Å²) in [6, 6.07) is 0. The van der Waals surface area contributed by atoms with Crippen LogP contribution in [0.15, 0.2) is 6.20 Å². The molecule has 0 aliphatic heterocycles. The van der Waals surface area contributed by atoms with Gasteiger partial charge >= 0.3 is 0 Å². The molecule has 0 fully saturated rings. The Balaban J connectivity index is 2.97. The first-order valence-corrected chi connectivity index (χ1v) is 6.41. The Morgan fingerprint density at radius 3 is 2.75 bits per heavy atom. The second-order valence-corrected chi connectivity index (χ2v) is 5.19. The largest absolute Gasteiger partial charge is 0.371 e. The number of aromatic nitrogens is 2. The Morgan fingerprint density at radius 2 is 2.19 bits per heavy atom. The molecule has 16 heavy (non-hydrogen) atoms. The van der Waals surface area contributed by atoms with E-state index in [-0.39, 0.29) is 0 Å². The van der Waals surface area contributed by atoms with Gasteiger partial charge in [-0.3, -0.25) is 0 Å². The molecule has 0 amide bonds. The van der Waals surface area contributed by atoms with Crippen LogP contribution in [0.1, 0.15) is 33.0 Å². The maximum atomic E-state index is 5.37.